The smallest absolute Gasteiger partial charge is 0.339 e. The van der Waals surface area contributed by atoms with Crippen molar-refractivity contribution in [3.63, 3.8) is 0 Å². The summed E-state index contributed by atoms with van der Waals surface area (Å²) in [7, 11) is 0. The molecular formula is C44H52O14. The average molecular weight is 805 g/mol. The van der Waals surface area contributed by atoms with Gasteiger partial charge >= 0.3 is 35.8 Å². The second-order valence-corrected chi connectivity index (χ2v) is 13.7. The minimum Gasteiger partial charge on any atom is -0.462 e. The molecule has 0 amide bonds. The average Bonchev–Trinajstić information content (AvgIpc) is 3.24. The molecule has 1 aliphatic heterocycles. The van der Waals surface area contributed by atoms with Gasteiger partial charge in [0.15, 0.2) is 0 Å². The number of ether oxygens (including phenoxy) is 6. The van der Waals surface area contributed by atoms with Crippen LogP contribution in [0.1, 0.15) is 139 Å². The van der Waals surface area contributed by atoms with E-state index < -0.39 is 48.0 Å². The van der Waals surface area contributed by atoms with Crippen LogP contribution in [0.15, 0.2) is 72.8 Å². The zero-order valence-corrected chi connectivity index (χ0v) is 32.6. The summed E-state index contributed by atoms with van der Waals surface area (Å²) < 4.78 is 33.5. The summed E-state index contributed by atoms with van der Waals surface area (Å²) in [6.45, 7) is 0.0458. The normalized spacial score (nSPS) is 16.9. The molecule has 0 aromatic heterocycles. The maximum Gasteiger partial charge on any atom is 0.339 e. The van der Waals surface area contributed by atoms with Gasteiger partial charge < -0.3 is 38.6 Å². The van der Waals surface area contributed by atoms with Gasteiger partial charge in [-0.3, -0.25) is 0 Å². The number of benzene rings is 3. The predicted octanol–water partition coefficient (Wildman–Crippen LogP) is 6.44. The summed E-state index contributed by atoms with van der Waals surface area (Å²) in [6.07, 6.45) is 3.71. The molecule has 0 radical (unpaired) electrons. The number of unbranched alkanes of at least 4 members (excludes halogenated alkanes) is 2. The van der Waals surface area contributed by atoms with Crippen LogP contribution in [0.25, 0.3) is 0 Å². The third-order valence-corrected chi connectivity index (χ3v) is 9.33. The van der Waals surface area contributed by atoms with E-state index in [1.807, 2.05) is 0 Å². The lowest BCUT2D eigenvalue weighted by molar-refractivity contribution is 0.0166. The number of carbonyl (C=O) groups is 6. The Hall–Kier alpha value is -5.60. The summed E-state index contributed by atoms with van der Waals surface area (Å²) in [5.74, 6) is -4.26. The lowest BCUT2D eigenvalue weighted by atomic mass is 10.0. The van der Waals surface area contributed by atoms with Crippen LogP contribution in [0.2, 0.25) is 0 Å². The van der Waals surface area contributed by atoms with E-state index >= 15 is 0 Å². The van der Waals surface area contributed by atoms with Gasteiger partial charge in [0.05, 0.1) is 59.8 Å². The Kier molecular flexibility index (Phi) is 19.4. The highest BCUT2D eigenvalue weighted by Gasteiger charge is 2.26. The monoisotopic (exact) mass is 804 g/mol. The molecule has 0 saturated heterocycles. The van der Waals surface area contributed by atoms with Crippen LogP contribution < -0.4 is 0 Å². The zero-order valence-electron chi connectivity index (χ0n) is 32.6. The predicted molar refractivity (Wildman–Crippen MR) is 208 cm³/mol. The van der Waals surface area contributed by atoms with Gasteiger partial charge in [0, 0.05) is 13.2 Å². The van der Waals surface area contributed by atoms with Crippen LogP contribution >= 0.6 is 0 Å². The molecule has 0 spiro atoms. The van der Waals surface area contributed by atoms with Crippen LogP contribution in [0.3, 0.4) is 0 Å². The van der Waals surface area contributed by atoms with Gasteiger partial charge in [0.25, 0.3) is 0 Å². The Morgan fingerprint density at radius 1 is 0.500 bits per heavy atom. The first-order chi connectivity index (χ1) is 28.2. The molecule has 0 saturated carbocycles. The van der Waals surface area contributed by atoms with Crippen molar-refractivity contribution in [1.82, 2.24) is 0 Å². The molecule has 0 aliphatic carbocycles. The molecule has 58 heavy (non-hydrogen) atoms. The van der Waals surface area contributed by atoms with Crippen molar-refractivity contribution in [1.29, 1.82) is 0 Å². The van der Waals surface area contributed by atoms with Crippen LogP contribution in [-0.2, 0) is 28.4 Å². The van der Waals surface area contributed by atoms with E-state index in [0.717, 1.165) is 0 Å². The van der Waals surface area contributed by atoms with E-state index in [4.69, 9.17) is 38.6 Å². The van der Waals surface area contributed by atoms with Gasteiger partial charge in [-0.15, -0.1) is 0 Å². The highest BCUT2D eigenvalue weighted by Crippen LogP contribution is 2.22. The van der Waals surface area contributed by atoms with Crippen LogP contribution in [0.4, 0.5) is 0 Å². The first-order valence-corrected chi connectivity index (χ1v) is 19.8. The number of carbonyl (C=O) groups excluding carboxylic acids is 6. The third kappa shape index (κ3) is 14.4. The Balaban J connectivity index is 1.50. The molecule has 3 aromatic rings. The lowest BCUT2D eigenvalue weighted by Crippen LogP contribution is -2.23. The second-order valence-electron chi connectivity index (χ2n) is 13.7. The van der Waals surface area contributed by atoms with Gasteiger partial charge in [-0.25, -0.2) is 28.8 Å². The van der Waals surface area contributed by atoms with Crippen molar-refractivity contribution >= 4 is 35.8 Å². The van der Waals surface area contributed by atoms with Gasteiger partial charge in [-0.1, -0.05) is 36.4 Å². The molecule has 2 N–H and O–H groups in total. The maximum atomic E-state index is 13.5. The summed E-state index contributed by atoms with van der Waals surface area (Å²) in [5.41, 5.74) is 0.228. The van der Waals surface area contributed by atoms with Gasteiger partial charge in [0.1, 0.15) is 12.2 Å². The SMILES string of the molecule is O=C1OCCCC(OC(=O)c2ccccc2C(=O)OCCCCO)CCCCC(OC(=O)c2ccccc2C(=O)OCCCCO)CCCOC(=O)c2ccccc21. The molecule has 0 bridgehead atoms. The Morgan fingerprint density at radius 2 is 0.845 bits per heavy atom. The molecule has 14 nitrogen and oxygen atoms in total. The van der Waals surface area contributed by atoms with Crippen molar-refractivity contribution in [2.24, 2.45) is 0 Å². The molecule has 3 aromatic carbocycles. The van der Waals surface area contributed by atoms with Crippen LogP contribution in [-0.4, -0.2) is 97.9 Å². The Bertz CT molecular complexity index is 1690. The number of fused-ring (bicyclic) bond motifs is 1. The lowest BCUT2D eigenvalue weighted by Gasteiger charge is -2.21. The first-order valence-electron chi connectivity index (χ1n) is 19.8. The Labute approximate surface area is 337 Å². The largest absolute Gasteiger partial charge is 0.462 e. The molecule has 1 aliphatic rings. The summed E-state index contributed by atoms with van der Waals surface area (Å²) in [5, 5.41) is 18.0. The van der Waals surface area contributed by atoms with Crippen molar-refractivity contribution in [3.05, 3.63) is 106 Å². The van der Waals surface area contributed by atoms with Gasteiger partial charge in [-0.05, 0) is 113 Å². The van der Waals surface area contributed by atoms with E-state index in [0.29, 0.717) is 77.0 Å². The highest BCUT2D eigenvalue weighted by molar-refractivity contribution is 6.04. The van der Waals surface area contributed by atoms with E-state index in [-0.39, 0.29) is 73.0 Å². The summed E-state index contributed by atoms with van der Waals surface area (Å²) >= 11 is 0. The third-order valence-electron chi connectivity index (χ3n) is 9.33. The molecule has 0 fully saturated rings. The number of aliphatic hydroxyl groups is 2. The van der Waals surface area contributed by atoms with Gasteiger partial charge in [-0.2, -0.15) is 0 Å². The minimum atomic E-state index is -0.725. The van der Waals surface area contributed by atoms with Crippen molar-refractivity contribution in [2.75, 3.05) is 39.6 Å². The summed E-state index contributed by atoms with van der Waals surface area (Å²) in [4.78, 5) is 78.9. The molecule has 14 heteroatoms. The van der Waals surface area contributed by atoms with Crippen molar-refractivity contribution in [3.8, 4) is 0 Å². The quantitative estimate of drug-likeness (QED) is 0.102. The topological polar surface area (TPSA) is 198 Å². The first kappa shape index (κ1) is 45.1. The van der Waals surface area contributed by atoms with Crippen LogP contribution in [0, 0.1) is 0 Å². The fourth-order valence-corrected chi connectivity index (χ4v) is 6.24. The second kappa shape index (κ2) is 24.9. The Morgan fingerprint density at radius 3 is 1.22 bits per heavy atom. The highest BCUT2D eigenvalue weighted by atomic mass is 16.6. The van der Waals surface area contributed by atoms with Gasteiger partial charge in [0.2, 0.25) is 0 Å². The number of esters is 6. The number of cyclic esters (lactones) is 2. The molecular weight excluding hydrogens is 752 g/mol. The summed E-state index contributed by atoms with van der Waals surface area (Å²) in [6, 6.07) is 18.5. The maximum absolute atomic E-state index is 13.5. The molecule has 312 valence electrons. The van der Waals surface area contributed by atoms with E-state index in [2.05, 4.69) is 0 Å². The van der Waals surface area contributed by atoms with Crippen molar-refractivity contribution in [2.45, 2.75) is 89.3 Å². The molecule has 2 unspecified atom stereocenters. The molecule has 2 atom stereocenters. The van der Waals surface area contributed by atoms with Crippen LogP contribution in [0.5, 0.6) is 0 Å². The number of hydrogen-bond acceptors (Lipinski definition) is 14. The minimum absolute atomic E-state index is 0.0251. The number of hydrogen-bond donors (Lipinski definition) is 2. The van der Waals surface area contributed by atoms with E-state index in [9.17, 15) is 28.8 Å². The van der Waals surface area contributed by atoms with Crippen molar-refractivity contribution < 1.29 is 67.4 Å². The van der Waals surface area contributed by atoms with E-state index in [1.165, 1.54) is 36.4 Å². The fraction of sp³-hybridized carbons (Fsp3) is 0.455. The molecule has 4 rings (SSSR count). The molecule has 1 heterocycles. The zero-order chi connectivity index (χ0) is 41.5. The standard InChI is InChI=1S/C44H52O14/c45-25-9-11-27-53-41(49)35-21-5-7-23-37(35)43(51)57-31-15-1-2-16-32(58-44(52)38-24-8-6-22-36(38)42(50)54-28-12-10-26-46)18-14-30-56-40(48)34-20-4-3-19-33(34)39(47)55-29-13-17-31/h3-8,19-24,31-32,45-46H,1-2,9-18,25-30H2. The van der Waals surface area contributed by atoms with E-state index in [1.54, 1.807) is 36.4 Å². The number of rotatable bonds is 14. The number of aliphatic hydroxyl groups excluding tert-OH is 2. The fourth-order valence-electron chi connectivity index (χ4n) is 6.24.